The minimum atomic E-state index is -0.257. The second-order valence-corrected chi connectivity index (χ2v) is 9.64. The number of likely N-dealkylation sites (tertiary alicyclic amines) is 1. The number of aromatic nitrogens is 1. The molecule has 0 spiro atoms. The summed E-state index contributed by atoms with van der Waals surface area (Å²) in [5, 5.41) is 1.63. The Morgan fingerprint density at radius 2 is 1.85 bits per heavy atom. The van der Waals surface area contributed by atoms with E-state index in [1.165, 1.54) is 56.8 Å². The summed E-state index contributed by atoms with van der Waals surface area (Å²) in [7, 11) is 0. The topological polar surface area (TPSA) is 28.5 Å². The smallest absolute Gasteiger partial charge is 0.262 e. The van der Waals surface area contributed by atoms with Crippen LogP contribution in [0.4, 0.5) is 10.1 Å². The van der Waals surface area contributed by atoms with E-state index in [4.69, 9.17) is 0 Å². The van der Waals surface area contributed by atoms with Crippen LogP contribution in [-0.4, -0.2) is 41.7 Å². The molecule has 4 nitrogen and oxygen atoms in total. The van der Waals surface area contributed by atoms with Gasteiger partial charge in [0.25, 0.3) is 5.56 Å². The fourth-order valence-corrected chi connectivity index (χ4v) is 5.50. The second kappa shape index (κ2) is 9.68. The van der Waals surface area contributed by atoms with E-state index in [-0.39, 0.29) is 11.4 Å². The zero-order chi connectivity index (χ0) is 22.8. The number of hydrogen-bond acceptors (Lipinski definition) is 3. The van der Waals surface area contributed by atoms with Crippen LogP contribution < -0.4 is 10.5 Å². The molecule has 0 amide bonds. The molecule has 1 atom stereocenters. The monoisotopic (exact) mass is 447 g/mol. The van der Waals surface area contributed by atoms with Gasteiger partial charge in [0.2, 0.25) is 0 Å². The van der Waals surface area contributed by atoms with Crippen molar-refractivity contribution in [2.75, 3.05) is 31.1 Å². The fourth-order valence-electron chi connectivity index (χ4n) is 5.50. The van der Waals surface area contributed by atoms with Gasteiger partial charge in [-0.2, -0.15) is 0 Å². The molecule has 0 saturated carbocycles. The Labute approximate surface area is 195 Å². The van der Waals surface area contributed by atoms with Gasteiger partial charge >= 0.3 is 0 Å². The molecule has 2 saturated heterocycles. The molecule has 0 radical (unpaired) electrons. The van der Waals surface area contributed by atoms with Crippen molar-refractivity contribution < 1.29 is 4.39 Å². The van der Waals surface area contributed by atoms with Gasteiger partial charge in [-0.25, -0.2) is 4.39 Å². The predicted molar refractivity (Wildman–Crippen MR) is 134 cm³/mol. The first-order chi connectivity index (χ1) is 16.1. The molecule has 3 heterocycles. The Morgan fingerprint density at radius 1 is 1.00 bits per heavy atom. The lowest BCUT2D eigenvalue weighted by atomic mass is 10.0. The maximum absolute atomic E-state index is 15.2. The number of aryl methyl sites for hydroxylation is 1. The number of unbranched alkanes of at least 4 members (excludes halogenated alkanes) is 2. The lowest BCUT2D eigenvalue weighted by molar-refractivity contribution is 0.260. The molecule has 1 unspecified atom stereocenters. The van der Waals surface area contributed by atoms with Crippen molar-refractivity contribution in [3.8, 4) is 5.69 Å². The normalized spacial score (nSPS) is 19.1. The highest BCUT2D eigenvalue weighted by atomic mass is 19.1. The molecule has 2 aliphatic rings. The van der Waals surface area contributed by atoms with Crippen molar-refractivity contribution in [2.45, 2.75) is 57.9 Å². The quantitative estimate of drug-likeness (QED) is 0.446. The van der Waals surface area contributed by atoms with Gasteiger partial charge in [0, 0.05) is 36.8 Å². The number of fused-ring (bicyclic) bond motifs is 1. The number of nitrogens with zero attached hydrogens (tertiary/aromatic N) is 3. The first-order valence-electron chi connectivity index (χ1n) is 12.6. The molecule has 0 N–H and O–H groups in total. The molecule has 0 bridgehead atoms. The summed E-state index contributed by atoms with van der Waals surface area (Å²) in [6, 6.07) is 13.8. The molecule has 5 rings (SSSR count). The van der Waals surface area contributed by atoms with Gasteiger partial charge in [0.05, 0.1) is 11.4 Å². The van der Waals surface area contributed by atoms with Crippen molar-refractivity contribution in [1.29, 1.82) is 0 Å². The summed E-state index contributed by atoms with van der Waals surface area (Å²) in [5.74, 6) is -0.257. The van der Waals surface area contributed by atoms with Crippen LogP contribution in [0.2, 0.25) is 0 Å². The average Bonchev–Trinajstić information content (AvgIpc) is 3.52. The van der Waals surface area contributed by atoms with E-state index in [9.17, 15) is 4.79 Å². The van der Waals surface area contributed by atoms with Crippen molar-refractivity contribution in [2.24, 2.45) is 0 Å². The van der Waals surface area contributed by atoms with Crippen LogP contribution in [-0.2, 0) is 6.42 Å². The van der Waals surface area contributed by atoms with E-state index in [2.05, 4.69) is 28.9 Å². The lowest BCUT2D eigenvalue weighted by Crippen LogP contribution is -2.35. The molecule has 2 fully saturated rings. The minimum Gasteiger partial charge on any atom is -0.368 e. The van der Waals surface area contributed by atoms with Crippen LogP contribution in [0.1, 0.15) is 51.0 Å². The van der Waals surface area contributed by atoms with Gasteiger partial charge in [0.1, 0.15) is 5.82 Å². The first-order valence-corrected chi connectivity index (χ1v) is 12.6. The number of halogens is 1. The van der Waals surface area contributed by atoms with Crippen LogP contribution in [0.3, 0.4) is 0 Å². The summed E-state index contributed by atoms with van der Waals surface area (Å²) in [6.07, 6.45) is 10.0. The third-order valence-electron chi connectivity index (χ3n) is 7.41. The molecule has 5 heteroatoms. The van der Waals surface area contributed by atoms with E-state index in [0.717, 1.165) is 31.3 Å². The highest BCUT2D eigenvalue weighted by Crippen LogP contribution is 2.28. The Morgan fingerprint density at radius 3 is 2.64 bits per heavy atom. The molecular weight excluding hydrogens is 413 g/mol. The van der Waals surface area contributed by atoms with E-state index in [0.29, 0.717) is 22.8 Å². The highest BCUT2D eigenvalue weighted by Gasteiger charge is 2.30. The molecule has 3 aromatic rings. The third-order valence-corrected chi connectivity index (χ3v) is 7.41. The zero-order valence-corrected chi connectivity index (χ0v) is 19.6. The number of hydrogen-bond donors (Lipinski definition) is 0. The van der Waals surface area contributed by atoms with Gasteiger partial charge in [-0.1, -0.05) is 31.9 Å². The standard InChI is InChI=1S/C28H34FN3O/c1-2-3-4-7-21-8-10-25-22(18-21)12-17-32(28(25)33)23-9-11-27(26(29)19-23)31-16-13-24(20-31)30-14-5-6-15-30/h8-12,17-19,24H,2-7,13-16,20H2,1H3. The molecule has 33 heavy (non-hydrogen) atoms. The van der Waals surface area contributed by atoms with Gasteiger partial charge in [0.15, 0.2) is 0 Å². The van der Waals surface area contributed by atoms with Crippen molar-refractivity contribution >= 4 is 16.5 Å². The van der Waals surface area contributed by atoms with Crippen LogP contribution in [0.25, 0.3) is 16.5 Å². The average molecular weight is 448 g/mol. The summed E-state index contributed by atoms with van der Waals surface area (Å²) < 4.78 is 16.7. The Hall–Kier alpha value is -2.66. The maximum atomic E-state index is 15.2. The number of rotatable bonds is 7. The molecule has 2 aliphatic heterocycles. The number of benzene rings is 2. The van der Waals surface area contributed by atoms with Crippen molar-refractivity contribution in [3.63, 3.8) is 0 Å². The summed E-state index contributed by atoms with van der Waals surface area (Å²) in [5.41, 5.74) is 2.38. The third kappa shape index (κ3) is 4.56. The van der Waals surface area contributed by atoms with Crippen LogP contribution in [0.15, 0.2) is 53.5 Å². The fraction of sp³-hybridized carbons (Fsp3) is 0.464. The van der Waals surface area contributed by atoms with Gasteiger partial charge in [-0.15, -0.1) is 0 Å². The number of anilines is 1. The Bertz CT molecular complexity index is 1180. The molecular formula is C28H34FN3O. The Balaban J connectivity index is 1.36. The largest absolute Gasteiger partial charge is 0.368 e. The molecule has 2 aromatic carbocycles. The van der Waals surface area contributed by atoms with Crippen LogP contribution in [0.5, 0.6) is 0 Å². The van der Waals surface area contributed by atoms with Crippen molar-refractivity contribution in [3.05, 3.63) is 70.4 Å². The highest BCUT2D eigenvalue weighted by molar-refractivity contribution is 5.82. The van der Waals surface area contributed by atoms with Gasteiger partial charge < -0.3 is 4.90 Å². The predicted octanol–water partition coefficient (Wildman–Crippen LogP) is 5.54. The Kier molecular flexibility index (Phi) is 6.50. The van der Waals surface area contributed by atoms with E-state index < -0.39 is 0 Å². The van der Waals surface area contributed by atoms with E-state index >= 15 is 4.39 Å². The van der Waals surface area contributed by atoms with Crippen LogP contribution in [0, 0.1) is 5.82 Å². The summed E-state index contributed by atoms with van der Waals surface area (Å²) in [6.45, 7) is 6.31. The SMILES string of the molecule is CCCCCc1ccc2c(=O)n(-c3ccc(N4CCC(N5CCCC5)C4)c(F)c3)ccc2c1. The number of pyridine rings is 1. The van der Waals surface area contributed by atoms with E-state index in [1.807, 2.05) is 24.3 Å². The first kappa shape index (κ1) is 22.1. The van der Waals surface area contributed by atoms with Gasteiger partial charge in [-0.3, -0.25) is 14.3 Å². The van der Waals surface area contributed by atoms with Gasteiger partial charge in [-0.05, 0) is 80.4 Å². The molecule has 174 valence electrons. The van der Waals surface area contributed by atoms with Crippen LogP contribution >= 0.6 is 0 Å². The van der Waals surface area contributed by atoms with E-state index in [1.54, 1.807) is 10.8 Å². The van der Waals surface area contributed by atoms with Crippen molar-refractivity contribution in [1.82, 2.24) is 9.47 Å². The maximum Gasteiger partial charge on any atom is 0.262 e. The summed E-state index contributed by atoms with van der Waals surface area (Å²) >= 11 is 0. The zero-order valence-electron chi connectivity index (χ0n) is 19.6. The minimum absolute atomic E-state index is 0.102. The summed E-state index contributed by atoms with van der Waals surface area (Å²) in [4.78, 5) is 17.9. The lowest BCUT2D eigenvalue weighted by Gasteiger charge is -2.25. The molecule has 1 aromatic heterocycles. The second-order valence-electron chi connectivity index (χ2n) is 9.64. The molecule has 0 aliphatic carbocycles.